The molecule has 0 radical (unpaired) electrons. The van der Waals surface area contributed by atoms with Crippen LogP contribution in [0.5, 0.6) is 0 Å². The number of nitrogens with two attached hydrogens (primary N) is 1. The van der Waals surface area contributed by atoms with Gasteiger partial charge in [0.1, 0.15) is 5.60 Å². The van der Waals surface area contributed by atoms with Gasteiger partial charge in [-0.25, -0.2) is 4.79 Å². The standard InChI is InChI=1S/C10H20N2O4.ClH/c1-10(2,3)16-9(14)12-7(6-11)5-8(13)15-4;/h7H,5-6,11H2,1-4H3,(H,12,14);1H/t7-;/m1./s1. The number of nitrogens with one attached hydrogen (secondary N) is 1. The summed E-state index contributed by atoms with van der Waals surface area (Å²) >= 11 is 0. The maximum Gasteiger partial charge on any atom is 0.407 e. The van der Waals surface area contributed by atoms with Crippen LogP contribution in [0.2, 0.25) is 0 Å². The summed E-state index contributed by atoms with van der Waals surface area (Å²) in [6.45, 7) is 5.41. The van der Waals surface area contributed by atoms with Crippen LogP contribution in [0.1, 0.15) is 27.2 Å². The van der Waals surface area contributed by atoms with Crippen molar-refractivity contribution in [1.29, 1.82) is 0 Å². The largest absolute Gasteiger partial charge is 0.469 e. The number of hydrogen-bond donors (Lipinski definition) is 2. The second kappa shape index (κ2) is 8.14. The van der Waals surface area contributed by atoms with Crippen LogP contribution in [-0.4, -0.2) is 37.4 Å². The van der Waals surface area contributed by atoms with Crippen LogP contribution >= 0.6 is 12.4 Å². The predicted octanol–water partition coefficient (Wildman–Crippen LogP) is 0.823. The first-order valence-electron chi connectivity index (χ1n) is 5.05. The lowest BCUT2D eigenvalue weighted by Gasteiger charge is -2.22. The predicted molar refractivity (Wildman–Crippen MR) is 66.1 cm³/mol. The van der Waals surface area contributed by atoms with Gasteiger partial charge < -0.3 is 20.5 Å². The van der Waals surface area contributed by atoms with Crippen LogP contribution in [0.25, 0.3) is 0 Å². The minimum Gasteiger partial charge on any atom is -0.469 e. The smallest absolute Gasteiger partial charge is 0.407 e. The average Bonchev–Trinajstić information content (AvgIpc) is 2.13. The molecule has 0 aliphatic carbocycles. The molecule has 17 heavy (non-hydrogen) atoms. The van der Waals surface area contributed by atoms with Gasteiger partial charge in [0, 0.05) is 6.54 Å². The number of carbonyl (C=O) groups is 2. The molecule has 0 aromatic heterocycles. The van der Waals surface area contributed by atoms with Crippen molar-refractivity contribution in [3.05, 3.63) is 0 Å². The van der Waals surface area contributed by atoms with E-state index in [0.717, 1.165) is 0 Å². The highest BCUT2D eigenvalue weighted by Gasteiger charge is 2.20. The Kier molecular flexibility index (Phi) is 8.79. The van der Waals surface area contributed by atoms with Crippen LogP contribution in [0.3, 0.4) is 0 Å². The lowest BCUT2D eigenvalue weighted by atomic mass is 10.2. The number of hydrogen-bond acceptors (Lipinski definition) is 5. The van der Waals surface area contributed by atoms with Gasteiger partial charge in [-0.05, 0) is 20.8 Å². The fourth-order valence-electron chi connectivity index (χ4n) is 0.952. The van der Waals surface area contributed by atoms with Crippen molar-refractivity contribution in [2.24, 2.45) is 5.73 Å². The molecule has 0 rings (SSSR count). The Hall–Kier alpha value is -1.01. The lowest BCUT2D eigenvalue weighted by molar-refractivity contribution is -0.141. The first-order chi connectivity index (χ1) is 7.28. The van der Waals surface area contributed by atoms with Crippen LogP contribution < -0.4 is 11.1 Å². The molecule has 0 spiro atoms. The highest BCUT2D eigenvalue weighted by Crippen LogP contribution is 2.07. The summed E-state index contributed by atoms with van der Waals surface area (Å²) in [5, 5.41) is 2.50. The third-order valence-corrected chi connectivity index (χ3v) is 1.65. The Bertz CT molecular complexity index is 253. The minimum absolute atomic E-state index is 0. The molecule has 0 saturated carbocycles. The Morgan fingerprint density at radius 1 is 1.35 bits per heavy atom. The van der Waals surface area contributed by atoms with Gasteiger partial charge in [0.25, 0.3) is 0 Å². The SMILES string of the molecule is COC(=O)C[C@H](CN)NC(=O)OC(C)(C)C.Cl. The molecule has 6 nitrogen and oxygen atoms in total. The third-order valence-electron chi connectivity index (χ3n) is 1.65. The number of amides is 1. The summed E-state index contributed by atoms with van der Waals surface area (Å²) in [6, 6.07) is -0.470. The molecule has 0 saturated heterocycles. The molecule has 7 heteroatoms. The Labute approximate surface area is 108 Å². The molecule has 0 fully saturated rings. The zero-order chi connectivity index (χ0) is 12.8. The van der Waals surface area contributed by atoms with E-state index in [1.165, 1.54) is 7.11 Å². The minimum atomic E-state index is -0.591. The van der Waals surface area contributed by atoms with Gasteiger partial charge in [0.05, 0.1) is 19.6 Å². The summed E-state index contributed by atoms with van der Waals surface area (Å²) in [6.07, 6.45) is -0.557. The molecule has 0 unspecified atom stereocenters. The second-order valence-electron chi connectivity index (χ2n) is 4.36. The summed E-state index contributed by atoms with van der Waals surface area (Å²) in [5.41, 5.74) is 4.83. The molecule has 0 heterocycles. The van der Waals surface area contributed by atoms with E-state index in [0.29, 0.717) is 0 Å². The first kappa shape index (κ1) is 18.4. The number of esters is 1. The van der Waals surface area contributed by atoms with Crippen molar-refractivity contribution in [3.63, 3.8) is 0 Å². The molecule has 102 valence electrons. The maximum absolute atomic E-state index is 11.4. The topological polar surface area (TPSA) is 90.6 Å². The van der Waals surface area contributed by atoms with Crippen molar-refractivity contribution < 1.29 is 19.1 Å². The van der Waals surface area contributed by atoms with Crippen molar-refractivity contribution in [1.82, 2.24) is 5.32 Å². The van der Waals surface area contributed by atoms with Gasteiger partial charge in [-0.3, -0.25) is 4.79 Å². The van der Waals surface area contributed by atoms with Crippen molar-refractivity contribution in [2.45, 2.75) is 38.8 Å². The average molecular weight is 269 g/mol. The lowest BCUT2D eigenvalue weighted by Crippen LogP contribution is -2.44. The van der Waals surface area contributed by atoms with Gasteiger partial charge >= 0.3 is 12.1 Å². The third kappa shape index (κ3) is 9.89. The van der Waals surface area contributed by atoms with Crippen molar-refractivity contribution >= 4 is 24.5 Å². The summed E-state index contributed by atoms with van der Waals surface area (Å²) in [7, 11) is 1.28. The number of carbonyl (C=O) groups excluding carboxylic acids is 2. The fraction of sp³-hybridized carbons (Fsp3) is 0.800. The summed E-state index contributed by atoms with van der Waals surface area (Å²) in [4.78, 5) is 22.3. The molecule has 0 aromatic carbocycles. The number of methoxy groups -OCH3 is 1. The molecule has 1 amide bonds. The van der Waals surface area contributed by atoms with Crippen LogP contribution in [0.15, 0.2) is 0 Å². The number of rotatable bonds is 4. The van der Waals surface area contributed by atoms with Crippen LogP contribution in [0, 0.1) is 0 Å². The molecule has 0 bridgehead atoms. The number of halogens is 1. The quantitative estimate of drug-likeness (QED) is 0.737. The zero-order valence-corrected chi connectivity index (χ0v) is 11.4. The van der Waals surface area contributed by atoms with Crippen molar-refractivity contribution in [3.8, 4) is 0 Å². The molecular formula is C10H21ClN2O4. The Morgan fingerprint density at radius 3 is 2.24 bits per heavy atom. The summed E-state index contributed by atoms with van der Waals surface area (Å²) < 4.78 is 9.51. The van der Waals surface area contributed by atoms with E-state index in [1.807, 2.05) is 0 Å². The fourth-order valence-corrected chi connectivity index (χ4v) is 0.952. The van der Waals surface area contributed by atoms with Crippen LogP contribution in [0.4, 0.5) is 4.79 Å². The Morgan fingerprint density at radius 2 is 1.88 bits per heavy atom. The zero-order valence-electron chi connectivity index (χ0n) is 10.6. The van der Waals surface area contributed by atoms with E-state index in [1.54, 1.807) is 20.8 Å². The van der Waals surface area contributed by atoms with Crippen LogP contribution in [-0.2, 0) is 14.3 Å². The number of alkyl carbamates (subject to hydrolysis) is 1. The van der Waals surface area contributed by atoms with E-state index >= 15 is 0 Å². The van der Waals surface area contributed by atoms with E-state index < -0.39 is 23.7 Å². The molecule has 3 N–H and O–H groups in total. The van der Waals surface area contributed by atoms with E-state index in [-0.39, 0.29) is 25.4 Å². The van der Waals surface area contributed by atoms with Crippen molar-refractivity contribution in [2.75, 3.05) is 13.7 Å². The summed E-state index contributed by atoms with van der Waals surface area (Å²) in [5.74, 6) is -0.425. The van der Waals surface area contributed by atoms with E-state index in [4.69, 9.17) is 10.5 Å². The maximum atomic E-state index is 11.4. The normalized spacial score (nSPS) is 12.1. The van der Waals surface area contributed by atoms with Gasteiger partial charge in [-0.15, -0.1) is 12.4 Å². The highest BCUT2D eigenvalue weighted by molar-refractivity contribution is 5.85. The number of ether oxygens (including phenoxy) is 2. The molecule has 0 aromatic rings. The molecule has 0 aliphatic rings. The molecular weight excluding hydrogens is 248 g/mol. The van der Waals surface area contributed by atoms with E-state index in [9.17, 15) is 9.59 Å². The van der Waals surface area contributed by atoms with Gasteiger partial charge in [-0.2, -0.15) is 0 Å². The van der Waals surface area contributed by atoms with E-state index in [2.05, 4.69) is 10.1 Å². The molecule has 1 atom stereocenters. The monoisotopic (exact) mass is 268 g/mol. The van der Waals surface area contributed by atoms with Gasteiger partial charge in [-0.1, -0.05) is 0 Å². The first-order valence-corrected chi connectivity index (χ1v) is 5.05. The van der Waals surface area contributed by atoms with Gasteiger partial charge in [0.2, 0.25) is 0 Å². The second-order valence-corrected chi connectivity index (χ2v) is 4.36. The Balaban J connectivity index is 0. The van der Waals surface area contributed by atoms with Gasteiger partial charge in [0.15, 0.2) is 0 Å². The molecule has 0 aliphatic heterocycles. The highest BCUT2D eigenvalue weighted by atomic mass is 35.5.